The van der Waals surface area contributed by atoms with Crippen LogP contribution in [0.25, 0.3) is 10.9 Å². The summed E-state index contributed by atoms with van der Waals surface area (Å²) in [5.41, 5.74) is 8.01. The molecule has 3 heterocycles. The summed E-state index contributed by atoms with van der Waals surface area (Å²) in [4.78, 5) is 22.7. The Morgan fingerprint density at radius 1 is 1.32 bits per heavy atom. The predicted molar refractivity (Wildman–Crippen MR) is 73.8 cm³/mol. The molecule has 0 bridgehead atoms. The van der Waals surface area contributed by atoms with E-state index in [0.717, 1.165) is 42.4 Å². The van der Waals surface area contributed by atoms with Gasteiger partial charge in [-0.3, -0.25) is 4.79 Å². The summed E-state index contributed by atoms with van der Waals surface area (Å²) in [6, 6.07) is 3.57. The van der Waals surface area contributed by atoms with Gasteiger partial charge < -0.3 is 10.6 Å². The first-order valence-corrected chi connectivity index (χ1v) is 6.48. The Bertz CT molecular complexity index is 647. The number of hydrogen-bond donors (Lipinski definition) is 1. The fraction of sp³-hybridized carbons (Fsp3) is 0.357. The van der Waals surface area contributed by atoms with Crippen LogP contribution in [0, 0.1) is 6.92 Å². The molecule has 2 aromatic heterocycles. The van der Waals surface area contributed by atoms with Gasteiger partial charge >= 0.3 is 0 Å². The number of aromatic nitrogens is 2. The highest BCUT2D eigenvalue weighted by Crippen LogP contribution is 2.21. The Morgan fingerprint density at radius 3 is 2.79 bits per heavy atom. The summed E-state index contributed by atoms with van der Waals surface area (Å²) in [7, 11) is 0. The van der Waals surface area contributed by atoms with E-state index in [1.54, 1.807) is 12.3 Å². The second kappa shape index (κ2) is 4.50. The summed E-state index contributed by atoms with van der Waals surface area (Å²) >= 11 is 0. The normalized spacial score (nSPS) is 15.1. The summed E-state index contributed by atoms with van der Waals surface area (Å²) in [6.45, 7) is 3.58. The molecule has 0 saturated carbocycles. The fourth-order valence-electron chi connectivity index (χ4n) is 2.46. The van der Waals surface area contributed by atoms with Crippen LogP contribution in [-0.4, -0.2) is 33.9 Å². The molecule has 1 amide bonds. The molecular formula is C14H16N4O. The van der Waals surface area contributed by atoms with Crippen molar-refractivity contribution in [2.24, 2.45) is 0 Å². The fourth-order valence-corrected chi connectivity index (χ4v) is 2.46. The molecule has 0 aliphatic carbocycles. The van der Waals surface area contributed by atoms with Crippen molar-refractivity contribution in [2.45, 2.75) is 19.8 Å². The quantitative estimate of drug-likeness (QED) is 0.843. The van der Waals surface area contributed by atoms with E-state index >= 15 is 0 Å². The van der Waals surface area contributed by atoms with Gasteiger partial charge in [0.25, 0.3) is 5.91 Å². The highest BCUT2D eigenvalue weighted by atomic mass is 16.2. The Labute approximate surface area is 111 Å². The van der Waals surface area contributed by atoms with Crippen LogP contribution >= 0.6 is 0 Å². The third kappa shape index (κ3) is 2.01. The molecule has 2 aromatic rings. The van der Waals surface area contributed by atoms with Gasteiger partial charge in [0.1, 0.15) is 11.5 Å². The molecule has 98 valence electrons. The third-order valence-electron chi connectivity index (χ3n) is 3.55. The van der Waals surface area contributed by atoms with Crippen molar-refractivity contribution in [3.8, 4) is 0 Å². The van der Waals surface area contributed by atoms with Crippen LogP contribution in [0.1, 0.15) is 28.9 Å². The number of carbonyl (C=O) groups excluding carboxylic acids is 1. The molecule has 0 spiro atoms. The van der Waals surface area contributed by atoms with Crippen molar-refractivity contribution in [2.75, 3.05) is 18.8 Å². The molecule has 1 aliphatic heterocycles. The maximum atomic E-state index is 12.3. The van der Waals surface area contributed by atoms with Crippen LogP contribution in [-0.2, 0) is 0 Å². The summed E-state index contributed by atoms with van der Waals surface area (Å²) in [6.07, 6.45) is 3.85. The molecule has 5 nitrogen and oxygen atoms in total. The average molecular weight is 256 g/mol. The monoisotopic (exact) mass is 256 g/mol. The van der Waals surface area contributed by atoms with Gasteiger partial charge in [0.15, 0.2) is 0 Å². The number of pyridine rings is 2. The Hall–Kier alpha value is -2.17. The molecule has 1 saturated heterocycles. The standard InChI is InChI=1S/C14H16N4O/c1-9-8-16-13(15)10-4-5-11(17-12(9)10)14(19)18-6-2-3-7-18/h4-5,8H,2-3,6-7H2,1H3,(H2,15,16). The van der Waals surface area contributed by atoms with Crippen molar-refractivity contribution >= 4 is 22.6 Å². The maximum absolute atomic E-state index is 12.3. The van der Waals surface area contributed by atoms with E-state index in [4.69, 9.17) is 5.73 Å². The molecule has 0 aromatic carbocycles. The average Bonchev–Trinajstić information content (AvgIpc) is 2.96. The van der Waals surface area contributed by atoms with Crippen LogP contribution in [0.4, 0.5) is 5.82 Å². The number of rotatable bonds is 1. The van der Waals surface area contributed by atoms with Gasteiger partial charge in [-0.1, -0.05) is 0 Å². The zero-order valence-electron chi connectivity index (χ0n) is 10.9. The van der Waals surface area contributed by atoms with Crippen LogP contribution in [0.2, 0.25) is 0 Å². The Morgan fingerprint density at radius 2 is 2.05 bits per heavy atom. The number of carbonyl (C=O) groups is 1. The summed E-state index contributed by atoms with van der Waals surface area (Å²) in [5, 5.41) is 0.804. The van der Waals surface area contributed by atoms with Crippen molar-refractivity contribution in [3.05, 3.63) is 29.6 Å². The minimum Gasteiger partial charge on any atom is -0.383 e. The minimum atomic E-state index is 0.00850. The molecule has 3 rings (SSSR count). The maximum Gasteiger partial charge on any atom is 0.272 e. The van der Waals surface area contributed by atoms with E-state index in [1.807, 2.05) is 17.9 Å². The molecule has 0 atom stereocenters. The Kier molecular flexibility index (Phi) is 2.81. The van der Waals surface area contributed by atoms with Crippen LogP contribution in [0.15, 0.2) is 18.3 Å². The topological polar surface area (TPSA) is 72.1 Å². The molecule has 5 heteroatoms. The SMILES string of the molecule is Cc1cnc(N)c2ccc(C(=O)N3CCCC3)nc12. The third-order valence-corrected chi connectivity index (χ3v) is 3.55. The number of likely N-dealkylation sites (tertiary alicyclic amines) is 1. The van der Waals surface area contributed by atoms with Gasteiger partial charge in [0, 0.05) is 24.7 Å². The lowest BCUT2D eigenvalue weighted by atomic mass is 10.1. The second-order valence-corrected chi connectivity index (χ2v) is 4.92. The van der Waals surface area contributed by atoms with Gasteiger partial charge in [0.2, 0.25) is 0 Å². The molecule has 0 radical (unpaired) electrons. The van der Waals surface area contributed by atoms with Gasteiger partial charge in [0.05, 0.1) is 5.52 Å². The lowest BCUT2D eigenvalue weighted by Gasteiger charge is -2.15. The van der Waals surface area contributed by atoms with E-state index in [2.05, 4.69) is 9.97 Å². The van der Waals surface area contributed by atoms with Crippen LogP contribution in [0.5, 0.6) is 0 Å². The van der Waals surface area contributed by atoms with Crippen LogP contribution < -0.4 is 5.73 Å². The molecule has 1 fully saturated rings. The van der Waals surface area contributed by atoms with E-state index in [-0.39, 0.29) is 5.91 Å². The van der Waals surface area contributed by atoms with Gasteiger partial charge in [-0.15, -0.1) is 0 Å². The predicted octanol–water partition coefficient (Wildman–Crippen LogP) is 1.76. The van der Waals surface area contributed by atoms with E-state index in [9.17, 15) is 4.79 Å². The smallest absolute Gasteiger partial charge is 0.272 e. The molecule has 0 unspecified atom stereocenters. The lowest BCUT2D eigenvalue weighted by molar-refractivity contribution is 0.0787. The van der Waals surface area contributed by atoms with Crippen molar-refractivity contribution in [3.63, 3.8) is 0 Å². The van der Waals surface area contributed by atoms with E-state index in [0.29, 0.717) is 11.5 Å². The minimum absolute atomic E-state index is 0.00850. The first-order valence-electron chi connectivity index (χ1n) is 6.48. The molecule has 1 aliphatic rings. The number of hydrogen-bond acceptors (Lipinski definition) is 4. The number of nitrogen functional groups attached to an aromatic ring is 1. The first-order chi connectivity index (χ1) is 9.16. The molecule has 2 N–H and O–H groups in total. The number of amides is 1. The number of aryl methyl sites for hydroxylation is 1. The zero-order valence-corrected chi connectivity index (χ0v) is 10.9. The largest absolute Gasteiger partial charge is 0.383 e. The summed E-state index contributed by atoms with van der Waals surface area (Å²) in [5.74, 6) is 0.461. The number of anilines is 1. The number of nitrogens with zero attached hydrogens (tertiary/aromatic N) is 3. The molecular weight excluding hydrogens is 240 g/mol. The van der Waals surface area contributed by atoms with Gasteiger partial charge in [-0.05, 0) is 37.5 Å². The molecule has 19 heavy (non-hydrogen) atoms. The van der Waals surface area contributed by atoms with Crippen LogP contribution in [0.3, 0.4) is 0 Å². The zero-order chi connectivity index (χ0) is 13.4. The van der Waals surface area contributed by atoms with Crippen molar-refractivity contribution in [1.29, 1.82) is 0 Å². The lowest BCUT2D eigenvalue weighted by Crippen LogP contribution is -2.28. The Balaban J connectivity index is 2.06. The van der Waals surface area contributed by atoms with E-state index in [1.165, 1.54) is 0 Å². The summed E-state index contributed by atoms with van der Waals surface area (Å²) < 4.78 is 0. The number of nitrogens with two attached hydrogens (primary N) is 1. The number of fused-ring (bicyclic) bond motifs is 1. The van der Waals surface area contributed by atoms with Crippen molar-refractivity contribution in [1.82, 2.24) is 14.9 Å². The highest BCUT2D eigenvalue weighted by Gasteiger charge is 2.21. The van der Waals surface area contributed by atoms with Crippen molar-refractivity contribution < 1.29 is 4.79 Å². The van der Waals surface area contributed by atoms with Gasteiger partial charge in [-0.25, -0.2) is 9.97 Å². The van der Waals surface area contributed by atoms with E-state index < -0.39 is 0 Å². The first kappa shape index (κ1) is 11.9. The van der Waals surface area contributed by atoms with Gasteiger partial charge in [-0.2, -0.15) is 0 Å². The highest BCUT2D eigenvalue weighted by molar-refractivity contribution is 5.97. The second-order valence-electron chi connectivity index (χ2n) is 4.92.